The molecule has 13 nitrogen and oxygen atoms in total. The fraction of sp³-hybridized carbons (Fsp3) is 0.458. The van der Waals surface area contributed by atoms with Crippen molar-refractivity contribution < 1.29 is 34.2 Å². The smallest absolute Gasteiger partial charge is 0.326 e. The summed E-state index contributed by atoms with van der Waals surface area (Å²) in [5.74, 6) is -5.09. The van der Waals surface area contributed by atoms with Gasteiger partial charge in [0.1, 0.15) is 18.1 Å². The molecule has 1 aromatic carbocycles. The maximum Gasteiger partial charge on any atom is 0.326 e. The second-order valence-electron chi connectivity index (χ2n) is 8.76. The fourth-order valence-corrected chi connectivity index (χ4v) is 3.94. The van der Waals surface area contributed by atoms with Crippen LogP contribution in [0.2, 0.25) is 0 Å². The molecule has 38 heavy (non-hydrogen) atoms. The number of nitrogens with two attached hydrogens (primary N) is 2. The number of carboxylic acids is 2. The molecule has 208 valence electrons. The van der Waals surface area contributed by atoms with E-state index in [-0.39, 0.29) is 18.6 Å². The van der Waals surface area contributed by atoms with Crippen LogP contribution in [0, 0.1) is 0 Å². The normalized spacial score (nSPS) is 14.2. The minimum atomic E-state index is -1.69. The van der Waals surface area contributed by atoms with Gasteiger partial charge in [0.05, 0.1) is 12.5 Å². The number of rotatable bonds is 16. The molecule has 14 heteroatoms. The summed E-state index contributed by atoms with van der Waals surface area (Å²) < 4.78 is 0. The maximum atomic E-state index is 13.4. The molecule has 1 aromatic heterocycles. The van der Waals surface area contributed by atoms with Crippen molar-refractivity contribution in [3.63, 3.8) is 0 Å². The number of hydrogen-bond donors (Lipinski definition) is 9. The van der Waals surface area contributed by atoms with Gasteiger partial charge >= 0.3 is 11.9 Å². The Hall–Kier alpha value is -3.62. The van der Waals surface area contributed by atoms with Crippen molar-refractivity contribution in [1.29, 1.82) is 0 Å². The molecule has 0 aliphatic rings. The third-order valence-corrected chi connectivity index (χ3v) is 6.23. The summed E-state index contributed by atoms with van der Waals surface area (Å²) in [6.07, 6.45) is 2.00. The number of unbranched alkanes of at least 4 members (excludes halogenated alkanes) is 1. The number of carbonyl (C=O) groups is 5. The van der Waals surface area contributed by atoms with Crippen molar-refractivity contribution in [1.82, 2.24) is 20.9 Å². The van der Waals surface area contributed by atoms with E-state index in [2.05, 4.69) is 33.6 Å². The van der Waals surface area contributed by atoms with Gasteiger partial charge in [0.15, 0.2) is 0 Å². The van der Waals surface area contributed by atoms with Crippen LogP contribution in [0.25, 0.3) is 10.9 Å². The number of carbonyl (C=O) groups excluding carboxylic acids is 3. The molecule has 4 atom stereocenters. The summed E-state index contributed by atoms with van der Waals surface area (Å²) in [6.45, 7) is 0.333. The van der Waals surface area contributed by atoms with E-state index >= 15 is 0 Å². The lowest BCUT2D eigenvalue weighted by molar-refractivity contribution is -0.147. The first-order valence-corrected chi connectivity index (χ1v) is 12.7. The number of nitrogens with one attached hydrogen (secondary N) is 4. The van der Waals surface area contributed by atoms with Crippen molar-refractivity contribution >= 4 is 53.2 Å². The van der Waals surface area contributed by atoms with E-state index in [1.807, 2.05) is 24.3 Å². The number of benzene rings is 1. The van der Waals surface area contributed by atoms with Gasteiger partial charge in [-0.2, -0.15) is 12.6 Å². The van der Waals surface area contributed by atoms with E-state index in [1.54, 1.807) is 6.20 Å². The maximum absolute atomic E-state index is 13.4. The van der Waals surface area contributed by atoms with Crippen LogP contribution in [0.5, 0.6) is 0 Å². The number of fused-ring (bicyclic) bond motifs is 1. The van der Waals surface area contributed by atoms with Crippen LogP contribution in [-0.4, -0.2) is 81.3 Å². The van der Waals surface area contributed by atoms with Gasteiger partial charge in [-0.15, -0.1) is 0 Å². The predicted octanol–water partition coefficient (Wildman–Crippen LogP) is -0.890. The Morgan fingerprint density at radius 2 is 1.55 bits per heavy atom. The molecule has 0 aliphatic carbocycles. The van der Waals surface area contributed by atoms with Crippen molar-refractivity contribution in [3.05, 3.63) is 36.0 Å². The fourth-order valence-electron chi connectivity index (χ4n) is 3.77. The second-order valence-corrected chi connectivity index (χ2v) is 9.12. The number of thiol groups is 1. The molecular formula is C24H34N6O7S. The highest BCUT2D eigenvalue weighted by molar-refractivity contribution is 7.80. The van der Waals surface area contributed by atoms with Gasteiger partial charge in [0, 0.05) is 29.3 Å². The van der Waals surface area contributed by atoms with Gasteiger partial charge in [-0.05, 0) is 37.4 Å². The van der Waals surface area contributed by atoms with Gasteiger partial charge in [0.25, 0.3) is 0 Å². The van der Waals surface area contributed by atoms with Gasteiger partial charge in [-0.3, -0.25) is 19.2 Å². The van der Waals surface area contributed by atoms with E-state index < -0.39 is 60.2 Å². The molecule has 0 fully saturated rings. The molecule has 10 N–H and O–H groups in total. The summed E-state index contributed by atoms with van der Waals surface area (Å²) in [6, 6.07) is 2.39. The lowest BCUT2D eigenvalue weighted by atomic mass is 10.0. The number of para-hydroxylation sites is 1. The van der Waals surface area contributed by atoms with Crippen LogP contribution < -0.4 is 27.4 Å². The van der Waals surface area contributed by atoms with Crippen molar-refractivity contribution in [2.45, 2.75) is 56.3 Å². The Morgan fingerprint density at radius 1 is 0.921 bits per heavy atom. The van der Waals surface area contributed by atoms with Gasteiger partial charge in [-0.25, -0.2) is 4.79 Å². The quantitative estimate of drug-likeness (QED) is 0.0931. The highest BCUT2D eigenvalue weighted by Crippen LogP contribution is 2.19. The first kappa shape index (κ1) is 30.6. The number of H-pyrrole nitrogens is 1. The molecule has 2 aromatic rings. The average molecular weight is 551 g/mol. The Labute approximate surface area is 224 Å². The number of aliphatic carboxylic acids is 2. The average Bonchev–Trinajstić information content (AvgIpc) is 3.29. The number of carboxylic acid groups (broad SMARTS) is 2. The van der Waals surface area contributed by atoms with Crippen LogP contribution in [0.3, 0.4) is 0 Å². The molecule has 1 heterocycles. The largest absolute Gasteiger partial charge is 0.481 e. The zero-order chi connectivity index (χ0) is 28.2. The van der Waals surface area contributed by atoms with Crippen LogP contribution in [0.4, 0.5) is 0 Å². The minimum absolute atomic E-state index is 0.0392. The molecular weight excluding hydrogens is 516 g/mol. The van der Waals surface area contributed by atoms with Crippen LogP contribution in [-0.2, 0) is 30.4 Å². The van der Waals surface area contributed by atoms with Gasteiger partial charge in [0.2, 0.25) is 17.7 Å². The predicted molar refractivity (Wildman–Crippen MR) is 142 cm³/mol. The summed E-state index contributed by atoms with van der Waals surface area (Å²) in [4.78, 5) is 64.4. The lowest BCUT2D eigenvalue weighted by Crippen LogP contribution is -2.58. The molecule has 0 radical (unpaired) electrons. The first-order chi connectivity index (χ1) is 18.1. The summed E-state index contributed by atoms with van der Waals surface area (Å²) >= 11 is 4.02. The molecule has 0 bridgehead atoms. The van der Waals surface area contributed by atoms with E-state index in [1.165, 1.54) is 0 Å². The van der Waals surface area contributed by atoms with Crippen molar-refractivity contribution in [2.24, 2.45) is 11.5 Å². The van der Waals surface area contributed by atoms with E-state index in [0.717, 1.165) is 16.5 Å². The van der Waals surface area contributed by atoms with E-state index in [4.69, 9.17) is 16.6 Å². The monoisotopic (exact) mass is 550 g/mol. The van der Waals surface area contributed by atoms with E-state index in [0.29, 0.717) is 19.4 Å². The minimum Gasteiger partial charge on any atom is -0.481 e. The summed E-state index contributed by atoms with van der Waals surface area (Å²) in [5.41, 5.74) is 12.9. The third kappa shape index (κ3) is 9.04. The lowest BCUT2D eigenvalue weighted by Gasteiger charge is -2.25. The zero-order valence-electron chi connectivity index (χ0n) is 20.7. The topological polar surface area (TPSA) is 230 Å². The SMILES string of the molecule is NCCCCC(NC(=O)C(Cc1c[nH]c2ccccc12)NC(=O)C(N)CS)C(=O)NC(CC(=O)O)C(=O)O. The van der Waals surface area contributed by atoms with Crippen molar-refractivity contribution in [3.8, 4) is 0 Å². The number of hydrogen-bond acceptors (Lipinski definition) is 8. The van der Waals surface area contributed by atoms with E-state index in [9.17, 15) is 29.1 Å². The molecule has 0 saturated carbocycles. The summed E-state index contributed by atoms with van der Waals surface area (Å²) in [5, 5.41) is 26.5. The highest BCUT2D eigenvalue weighted by atomic mass is 32.1. The van der Waals surface area contributed by atoms with Crippen molar-refractivity contribution in [2.75, 3.05) is 12.3 Å². The Kier molecular flexibility index (Phi) is 12.0. The third-order valence-electron chi connectivity index (χ3n) is 5.84. The molecule has 2 rings (SSSR count). The molecule has 0 aliphatic heterocycles. The zero-order valence-corrected chi connectivity index (χ0v) is 21.6. The number of aromatic amines is 1. The summed E-state index contributed by atoms with van der Waals surface area (Å²) in [7, 11) is 0. The van der Waals surface area contributed by atoms with Crippen LogP contribution in [0.1, 0.15) is 31.2 Å². The molecule has 0 spiro atoms. The van der Waals surface area contributed by atoms with Crippen LogP contribution >= 0.6 is 12.6 Å². The number of aromatic nitrogens is 1. The molecule has 4 unspecified atom stereocenters. The first-order valence-electron chi connectivity index (χ1n) is 12.0. The van der Waals surface area contributed by atoms with Gasteiger partial charge in [-0.1, -0.05) is 18.2 Å². The molecule has 3 amide bonds. The Morgan fingerprint density at radius 3 is 2.18 bits per heavy atom. The second kappa shape index (κ2) is 15.0. The molecule has 0 saturated heterocycles. The Bertz CT molecular complexity index is 1140. The van der Waals surface area contributed by atoms with Crippen LogP contribution in [0.15, 0.2) is 30.5 Å². The van der Waals surface area contributed by atoms with Gasteiger partial charge < -0.3 is 42.6 Å². The Balaban J connectivity index is 2.28. The number of amides is 3. The highest BCUT2D eigenvalue weighted by Gasteiger charge is 2.31. The standard InChI is InChI=1S/C24H34N6O7S/c25-8-4-3-7-17(22(34)30-19(24(36)37)10-20(31)32)28-23(35)18(29-21(33)15(26)12-38)9-13-11-27-16-6-2-1-5-14(13)16/h1-2,5-6,11,15,17-19,27,38H,3-4,7-10,12,25-26H2,(H,28,35)(H,29,33)(H,30,34)(H,31,32)(H,36,37).